The van der Waals surface area contributed by atoms with E-state index in [1.54, 1.807) is 70.2 Å². The number of nitrogens with one attached hydrogen (secondary N) is 1. The van der Waals surface area contributed by atoms with Gasteiger partial charge in [0.15, 0.2) is 0 Å². The number of nitrogens with zero attached hydrogens (tertiary/aromatic N) is 1. The van der Waals surface area contributed by atoms with Gasteiger partial charge in [0.2, 0.25) is 15.9 Å². The third kappa shape index (κ3) is 5.52. The van der Waals surface area contributed by atoms with Crippen molar-refractivity contribution < 1.29 is 17.6 Å². The maximum atomic E-state index is 13.8. The largest absolute Gasteiger partial charge is 0.346 e. The van der Waals surface area contributed by atoms with Gasteiger partial charge in [-0.25, -0.2) is 12.8 Å². The summed E-state index contributed by atoms with van der Waals surface area (Å²) >= 11 is 0. The number of amides is 1. The summed E-state index contributed by atoms with van der Waals surface area (Å²) in [7, 11) is -3.52. The monoisotopic (exact) mass is 418 g/mol. The van der Waals surface area contributed by atoms with Crippen molar-refractivity contribution in [1.29, 1.82) is 0 Å². The molecule has 0 saturated heterocycles. The van der Waals surface area contributed by atoms with E-state index in [-0.39, 0.29) is 22.7 Å². The minimum Gasteiger partial charge on any atom is -0.346 e. The van der Waals surface area contributed by atoms with E-state index in [1.165, 1.54) is 16.4 Å². The first-order chi connectivity index (χ1) is 13.7. The fourth-order valence-corrected chi connectivity index (χ4v) is 4.49. The van der Waals surface area contributed by atoms with Crippen molar-refractivity contribution in [2.24, 2.45) is 0 Å². The molecule has 0 heterocycles. The molecule has 0 spiro atoms. The molecule has 0 saturated carbocycles. The molecule has 2 aromatic rings. The molecule has 0 aromatic heterocycles. The number of hydrogen-bond donors (Lipinski definition) is 1. The van der Waals surface area contributed by atoms with Gasteiger partial charge in [-0.05, 0) is 43.2 Å². The van der Waals surface area contributed by atoms with Crippen LogP contribution in [0.15, 0.2) is 59.5 Å². The van der Waals surface area contributed by atoms with Crippen LogP contribution in [0.3, 0.4) is 0 Å². The Morgan fingerprint density at radius 2 is 1.69 bits per heavy atom. The van der Waals surface area contributed by atoms with Gasteiger partial charge >= 0.3 is 0 Å². The van der Waals surface area contributed by atoms with Gasteiger partial charge in [0.1, 0.15) is 5.82 Å². The number of hydrogen-bond acceptors (Lipinski definition) is 3. The number of rotatable bonds is 8. The number of allylic oxidation sites excluding steroid dienone is 1. The SMILES string of the molecule is CCN(CC)S(=O)(=O)c1ccc(C(C)NC(=O)C=C(C)c2ccccc2F)cc1. The van der Waals surface area contributed by atoms with Crippen molar-refractivity contribution in [3.8, 4) is 0 Å². The predicted molar refractivity (Wildman–Crippen MR) is 113 cm³/mol. The van der Waals surface area contributed by atoms with E-state index in [0.29, 0.717) is 24.2 Å². The summed E-state index contributed by atoms with van der Waals surface area (Å²) in [5.74, 6) is -0.731. The second-order valence-electron chi connectivity index (χ2n) is 6.70. The maximum Gasteiger partial charge on any atom is 0.244 e. The van der Waals surface area contributed by atoms with E-state index in [4.69, 9.17) is 0 Å². The van der Waals surface area contributed by atoms with Crippen LogP contribution in [-0.2, 0) is 14.8 Å². The quantitative estimate of drug-likeness (QED) is 0.656. The van der Waals surface area contributed by atoms with Crippen LogP contribution in [0.4, 0.5) is 4.39 Å². The first kappa shape index (κ1) is 22.8. The van der Waals surface area contributed by atoms with Crippen LogP contribution in [0.25, 0.3) is 5.57 Å². The molecule has 5 nitrogen and oxygen atoms in total. The summed E-state index contributed by atoms with van der Waals surface area (Å²) in [6, 6.07) is 12.4. The molecule has 2 aromatic carbocycles. The predicted octanol–water partition coefficient (Wildman–Crippen LogP) is 4.14. The number of carbonyl (C=O) groups excluding carboxylic acids is 1. The lowest BCUT2D eigenvalue weighted by molar-refractivity contribution is -0.117. The average Bonchev–Trinajstić information content (AvgIpc) is 2.69. The second kappa shape index (κ2) is 9.80. The summed E-state index contributed by atoms with van der Waals surface area (Å²) in [6.45, 7) is 7.88. The van der Waals surface area contributed by atoms with E-state index in [9.17, 15) is 17.6 Å². The fraction of sp³-hybridized carbons (Fsp3) is 0.318. The van der Waals surface area contributed by atoms with Crippen molar-refractivity contribution in [3.63, 3.8) is 0 Å². The van der Waals surface area contributed by atoms with Crippen LogP contribution < -0.4 is 5.32 Å². The number of halogens is 1. The molecule has 2 rings (SSSR count). The Kier molecular flexibility index (Phi) is 7.70. The zero-order valence-electron chi connectivity index (χ0n) is 17.1. The van der Waals surface area contributed by atoms with Gasteiger partial charge in [0.05, 0.1) is 10.9 Å². The highest BCUT2D eigenvalue weighted by Crippen LogP contribution is 2.20. The minimum absolute atomic E-state index is 0.221. The molecule has 0 aliphatic heterocycles. The molecule has 1 atom stereocenters. The van der Waals surface area contributed by atoms with E-state index in [1.807, 2.05) is 0 Å². The number of carbonyl (C=O) groups is 1. The third-order valence-corrected chi connectivity index (χ3v) is 6.79. The van der Waals surface area contributed by atoms with Gasteiger partial charge in [-0.3, -0.25) is 4.79 Å². The highest BCUT2D eigenvalue weighted by atomic mass is 32.2. The molecule has 0 bridgehead atoms. The van der Waals surface area contributed by atoms with Crippen LogP contribution in [0.2, 0.25) is 0 Å². The van der Waals surface area contributed by atoms with Crippen LogP contribution >= 0.6 is 0 Å². The summed E-state index contributed by atoms with van der Waals surface area (Å²) < 4.78 is 40.3. The molecule has 1 amide bonds. The molecule has 0 radical (unpaired) electrons. The zero-order chi connectivity index (χ0) is 21.6. The molecular formula is C22H27FN2O3S. The smallest absolute Gasteiger partial charge is 0.244 e. The average molecular weight is 419 g/mol. The number of benzene rings is 2. The van der Waals surface area contributed by atoms with Gasteiger partial charge in [-0.15, -0.1) is 0 Å². The molecule has 0 aliphatic rings. The Morgan fingerprint density at radius 1 is 1.10 bits per heavy atom. The lowest BCUT2D eigenvalue weighted by Gasteiger charge is -2.19. The van der Waals surface area contributed by atoms with Crippen LogP contribution in [0, 0.1) is 5.82 Å². The van der Waals surface area contributed by atoms with Crippen molar-refractivity contribution in [2.45, 2.75) is 38.6 Å². The van der Waals surface area contributed by atoms with Gasteiger partial charge < -0.3 is 5.32 Å². The summed E-state index contributed by atoms with van der Waals surface area (Å²) in [5.41, 5.74) is 1.67. The van der Waals surface area contributed by atoms with Crippen LogP contribution in [0.1, 0.15) is 44.9 Å². The van der Waals surface area contributed by atoms with Crippen molar-refractivity contribution in [1.82, 2.24) is 9.62 Å². The highest BCUT2D eigenvalue weighted by molar-refractivity contribution is 7.89. The lowest BCUT2D eigenvalue weighted by atomic mass is 10.1. The number of sulfonamides is 1. The Morgan fingerprint density at radius 3 is 2.24 bits per heavy atom. The summed E-state index contributed by atoms with van der Waals surface area (Å²) in [6.07, 6.45) is 1.36. The zero-order valence-corrected chi connectivity index (χ0v) is 18.0. The van der Waals surface area contributed by atoms with E-state index < -0.39 is 10.0 Å². The Balaban J connectivity index is 2.11. The van der Waals surface area contributed by atoms with Crippen molar-refractivity contribution in [2.75, 3.05) is 13.1 Å². The van der Waals surface area contributed by atoms with E-state index in [0.717, 1.165) is 5.56 Å². The first-order valence-corrected chi connectivity index (χ1v) is 11.0. The van der Waals surface area contributed by atoms with Gasteiger partial charge in [-0.2, -0.15) is 4.31 Å². The second-order valence-corrected chi connectivity index (χ2v) is 8.63. The first-order valence-electron chi connectivity index (χ1n) is 9.54. The molecular weight excluding hydrogens is 391 g/mol. The Hall–Kier alpha value is -2.51. The van der Waals surface area contributed by atoms with E-state index in [2.05, 4.69) is 5.32 Å². The fourth-order valence-electron chi connectivity index (χ4n) is 3.03. The molecule has 1 unspecified atom stereocenters. The van der Waals surface area contributed by atoms with Gasteiger partial charge in [0.25, 0.3) is 0 Å². The minimum atomic E-state index is -3.52. The summed E-state index contributed by atoms with van der Waals surface area (Å²) in [5, 5.41) is 2.82. The van der Waals surface area contributed by atoms with E-state index >= 15 is 0 Å². The van der Waals surface area contributed by atoms with Crippen LogP contribution in [0.5, 0.6) is 0 Å². The summed E-state index contributed by atoms with van der Waals surface area (Å²) in [4.78, 5) is 12.5. The Labute approximate surface area is 172 Å². The van der Waals surface area contributed by atoms with Gasteiger partial charge in [-0.1, -0.05) is 44.2 Å². The molecule has 7 heteroatoms. The molecule has 156 valence electrons. The maximum absolute atomic E-state index is 13.8. The topological polar surface area (TPSA) is 66.5 Å². The Bertz CT molecular complexity index is 981. The molecule has 29 heavy (non-hydrogen) atoms. The molecule has 0 aliphatic carbocycles. The van der Waals surface area contributed by atoms with Crippen molar-refractivity contribution >= 4 is 21.5 Å². The third-order valence-electron chi connectivity index (χ3n) is 4.73. The van der Waals surface area contributed by atoms with Gasteiger partial charge in [0, 0.05) is 24.7 Å². The van der Waals surface area contributed by atoms with Crippen LogP contribution in [-0.4, -0.2) is 31.7 Å². The standard InChI is InChI=1S/C22H27FN2O3S/c1-5-25(6-2)29(27,28)19-13-11-18(12-14-19)17(4)24-22(26)15-16(3)20-9-7-8-10-21(20)23/h7-15,17H,5-6H2,1-4H3,(H,24,26). The lowest BCUT2D eigenvalue weighted by Crippen LogP contribution is -2.30. The molecule has 0 fully saturated rings. The van der Waals surface area contributed by atoms with Crippen molar-refractivity contribution in [3.05, 3.63) is 71.6 Å². The highest BCUT2D eigenvalue weighted by Gasteiger charge is 2.21. The molecule has 1 N–H and O–H groups in total. The normalized spacial score (nSPS) is 13.4.